The molecule has 0 N–H and O–H groups in total. The van der Waals surface area contributed by atoms with Crippen LogP contribution in [0.25, 0.3) is 16.5 Å². The van der Waals surface area contributed by atoms with Crippen molar-refractivity contribution in [2.45, 2.75) is 33.1 Å². The molecule has 0 spiro atoms. The number of aromatic nitrogens is 1. The predicted molar refractivity (Wildman–Crippen MR) is 98.0 cm³/mol. The Labute approximate surface area is 145 Å². The largest absolute Gasteiger partial charge is 0.280 e. The SMILES string of the molecule is Cc1cc(F)cc(-n2c(C(C)(C)C)cc3cccc(Cl)c3c2=O)c1. The molecule has 0 aliphatic heterocycles. The molecule has 0 aliphatic carbocycles. The summed E-state index contributed by atoms with van der Waals surface area (Å²) >= 11 is 6.26. The molecule has 1 heterocycles. The van der Waals surface area contributed by atoms with E-state index in [9.17, 15) is 9.18 Å². The summed E-state index contributed by atoms with van der Waals surface area (Å²) in [6.45, 7) is 7.89. The van der Waals surface area contributed by atoms with Gasteiger partial charge in [0.05, 0.1) is 16.1 Å². The van der Waals surface area contributed by atoms with E-state index < -0.39 is 0 Å². The van der Waals surface area contributed by atoms with Gasteiger partial charge in [0.2, 0.25) is 0 Å². The molecule has 124 valence electrons. The fourth-order valence-electron chi connectivity index (χ4n) is 2.97. The number of nitrogens with zero attached hydrogens (tertiary/aromatic N) is 1. The molecule has 1 aromatic heterocycles. The lowest BCUT2D eigenvalue weighted by Gasteiger charge is -2.25. The highest BCUT2D eigenvalue weighted by Crippen LogP contribution is 2.29. The highest BCUT2D eigenvalue weighted by atomic mass is 35.5. The van der Waals surface area contributed by atoms with Crippen LogP contribution >= 0.6 is 11.6 Å². The summed E-state index contributed by atoms with van der Waals surface area (Å²) in [4.78, 5) is 13.2. The number of fused-ring (bicyclic) bond motifs is 1. The van der Waals surface area contributed by atoms with Gasteiger partial charge in [0.15, 0.2) is 0 Å². The van der Waals surface area contributed by atoms with Gasteiger partial charge in [0.1, 0.15) is 5.82 Å². The third-order valence-electron chi connectivity index (χ3n) is 4.05. The normalized spacial score (nSPS) is 11.9. The molecule has 0 radical (unpaired) electrons. The average Bonchev–Trinajstić information content (AvgIpc) is 2.44. The average molecular weight is 344 g/mol. The van der Waals surface area contributed by atoms with Crippen molar-refractivity contribution in [1.82, 2.24) is 4.57 Å². The maximum Gasteiger partial charge on any atom is 0.264 e. The van der Waals surface area contributed by atoms with Crippen LogP contribution in [0.3, 0.4) is 0 Å². The first-order chi connectivity index (χ1) is 11.2. The summed E-state index contributed by atoms with van der Waals surface area (Å²) in [6.07, 6.45) is 0. The maximum absolute atomic E-state index is 13.9. The van der Waals surface area contributed by atoms with Crippen molar-refractivity contribution >= 4 is 22.4 Å². The minimum Gasteiger partial charge on any atom is -0.280 e. The summed E-state index contributed by atoms with van der Waals surface area (Å²) in [5.74, 6) is -0.365. The second-order valence-electron chi connectivity index (χ2n) is 7.11. The van der Waals surface area contributed by atoms with E-state index in [1.165, 1.54) is 12.1 Å². The summed E-state index contributed by atoms with van der Waals surface area (Å²) in [5, 5.41) is 1.65. The van der Waals surface area contributed by atoms with Crippen molar-refractivity contribution in [3.8, 4) is 5.69 Å². The monoisotopic (exact) mass is 343 g/mol. The standard InChI is InChI=1S/C20H19ClFNO/c1-12-8-14(22)11-15(9-12)23-17(20(2,3)4)10-13-6-5-7-16(21)18(13)19(23)24/h5-11H,1-4H3. The molecule has 0 aliphatic rings. The third-order valence-corrected chi connectivity index (χ3v) is 4.36. The molecule has 0 bridgehead atoms. The number of aryl methyl sites for hydroxylation is 1. The quantitative estimate of drug-likeness (QED) is 0.580. The summed E-state index contributed by atoms with van der Waals surface area (Å²) in [5.41, 5.74) is 1.57. The van der Waals surface area contributed by atoms with E-state index in [1.807, 2.05) is 52.0 Å². The zero-order valence-electron chi connectivity index (χ0n) is 14.2. The van der Waals surface area contributed by atoms with Crippen LogP contribution in [0.5, 0.6) is 0 Å². The smallest absolute Gasteiger partial charge is 0.264 e. The van der Waals surface area contributed by atoms with E-state index in [2.05, 4.69) is 0 Å². The molecular weight excluding hydrogens is 325 g/mol. The van der Waals surface area contributed by atoms with Crippen molar-refractivity contribution < 1.29 is 4.39 Å². The fourth-order valence-corrected chi connectivity index (χ4v) is 3.24. The van der Waals surface area contributed by atoms with Crippen LogP contribution in [-0.2, 0) is 5.41 Å². The van der Waals surface area contributed by atoms with E-state index in [0.29, 0.717) is 16.1 Å². The van der Waals surface area contributed by atoms with Crippen molar-refractivity contribution in [2.75, 3.05) is 0 Å². The second kappa shape index (κ2) is 5.75. The molecule has 0 atom stereocenters. The zero-order chi connectivity index (χ0) is 17.6. The summed E-state index contributed by atoms with van der Waals surface area (Å²) < 4.78 is 15.5. The van der Waals surface area contributed by atoms with E-state index in [4.69, 9.17) is 11.6 Å². The fraction of sp³-hybridized carbons (Fsp3) is 0.250. The lowest BCUT2D eigenvalue weighted by molar-refractivity contribution is 0.548. The van der Waals surface area contributed by atoms with Crippen molar-refractivity contribution in [3.63, 3.8) is 0 Å². The number of halogens is 2. The molecule has 2 nitrogen and oxygen atoms in total. The first-order valence-electron chi connectivity index (χ1n) is 7.81. The van der Waals surface area contributed by atoms with Crippen LogP contribution in [-0.4, -0.2) is 4.57 Å². The molecule has 2 aromatic carbocycles. The van der Waals surface area contributed by atoms with Crippen LogP contribution in [0.2, 0.25) is 5.02 Å². The number of pyridine rings is 1. The van der Waals surface area contributed by atoms with Crippen molar-refractivity contribution in [2.24, 2.45) is 0 Å². The Morgan fingerprint density at radius 1 is 1.08 bits per heavy atom. The summed E-state index contributed by atoms with van der Waals surface area (Å²) in [7, 11) is 0. The molecule has 0 unspecified atom stereocenters. The number of benzene rings is 2. The Balaban J connectivity index is 2.51. The van der Waals surface area contributed by atoms with Crippen LogP contribution < -0.4 is 5.56 Å². The van der Waals surface area contributed by atoms with Gasteiger partial charge in [-0.05, 0) is 48.2 Å². The molecule has 0 fully saturated rings. The Kier molecular flexibility index (Phi) is 4.00. The molecule has 0 saturated heterocycles. The van der Waals surface area contributed by atoms with E-state index in [0.717, 1.165) is 16.6 Å². The highest BCUT2D eigenvalue weighted by molar-refractivity contribution is 6.35. The lowest BCUT2D eigenvalue weighted by atomic mass is 9.89. The summed E-state index contributed by atoms with van der Waals surface area (Å²) in [6, 6.07) is 12.0. The number of hydrogen-bond acceptors (Lipinski definition) is 1. The van der Waals surface area contributed by atoms with E-state index in [-0.39, 0.29) is 16.8 Å². The molecule has 3 rings (SSSR count). The van der Waals surface area contributed by atoms with Gasteiger partial charge < -0.3 is 0 Å². The van der Waals surface area contributed by atoms with E-state index >= 15 is 0 Å². The lowest BCUT2D eigenvalue weighted by Crippen LogP contribution is -2.29. The topological polar surface area (TPSA) is 22.0 Å². The van der Waals surface area contributed by atoms with Crippen LogP contribution in [0.1, 0.15) is 32.0 Å². The Morgan fingerprint density at radius 3 is 2.42 bits per heavy atom. The first-order valence-corrected chi connectivity index (χ1v) is 8.18. The van der Waals surface area contributed by atoms with Crippen LogP contribution in [0.15, 0.2) is 47.3 Å². The molecule has 0 saturated carbocycles. The third kappa shape index (κ3) is 2.84. The Morgan fingerprint density at radius 2 is 1.79 bits per heavy atom. The molecule has 0 amide bonds. The molecular formula is C20H19ClFNO. The van der Waals surface area contributed by atoms with Gasteiger partial charge in [-0.15, -0.1) is 0 Å². The number of rotatable bonds is 1. The molecule has 4 heteroatoms. The van der Waals surface area contributed by atoms with Gasteiger partial charge in [-0.3, -0.25) is 9.36 Å². The Bertz CT molecular complexity index is 979. The second-order valence-corrected chi connectivity index (χ2v) is 7.52. The minimum absolute atomic E-state index is 0.229. The van der Waals surface area contributed by atoms with Gasteiger partial charge in [-0.25, -0.2) is 4.39 Å². The predicted octanol–water partition coefficient (Wildman–Crippen LogP) is 5.39. The van der Waals surface area contributed by atoms with Gasteiger partial charge >= 0.3 is 0 Å². The number of hydrogen-bond donors (Lipinski definition) is 0. The van der Waals surface area contributed by atoms with Gasteiger partial charge in [-0.1, -0.05) is 44.5 Å². The maximum atomic E-state index is 13.9. The minimum atomic E-state index is -0.365. The zero-order valence-corrected chi connectivity index (χ0v) is 14.9. The molecule has 3 aromatic rings. The van der Waals surface area contributed by atoms with Crippen molar-refractivity contribution in [1.29, 1.82) is 0 Å². The Hall–Kier alpha value is -2.13. The first kappa shape index (κ1) is 16.7. The van der Waals surface area contributed by atoms with Crippen LogP contribution in [0.4, 0.5) is 4.39 Å². The van der Waals surface area contributed by atoms with E-state index in [1.54, 1.807) is 10.6 Å². The van der Waals surface area contributed by atoms with Gasteiger partial charge in [0.25, 0.3) is 5.56 Å². The highest BCUT2D eigenvalue weighted by Gasteiger charge is 2.22. The van der Waals surface area contributed by atoms with Crippen molar-refractivity contribution in [3.05, 3.63) is 74.9 Å². The molecule has 24 heavy (non-hydrogen) atoms. The van der Waals surface area contributed by atoms with Crippen LogP contribution in [0, 0.1) is 12.7 Å². The van der Waals surface area contributed by atoms with Gasteiger partial charge in [-0.2, -0.15) is 0 Å². The van der Waals surface area contributed by atoms with Gasteiger partial charge in [0, 0.05) is 11.1 Å².